The van der Waals surface area contributed by atoms with Crippen molar-refractivity contribution in [1.82, 2.24) is 29.7 Å². The molecule has 1 amide bonds. The number of hydrogen-bond donors (Lipinski definition) is 1. The van der Waals surface area contributed by atoms with E-state index in [1.54, 1.807) is 0 Å². The van der Waals surface area contributed by atoms with E-state index < -0.39 is 0 Å². The van der Waals surface area contributed by atoms with Crippen LogP contribution in [0.1, 0.15) is 34.6 Å². The van der Waals surface area contributed by atoms with Gasteiger partial charge in [0, 0.05) is 69.7 Å². The SMILES string of the molecule is Cc1cc2nc(C)c(CCC(=O)NCCN3CCN(Cc4ccccc4)CC3)c(C)n2n1. The molecule has 0 radical (unpaired) electrons. The summed E-state index contributed by atoms with van der Waals surface area (Å²) in [5, 5.41) is 7.61. The van der Waals surface area contributed by atoms with Gasteiger partial charge in [-0.15, -0.1) is 0 Å². The number of hydrogen-bond acceptors (Lipinski definition) is 5. The molecule has 1 aromatic carbocycles. The van der Waals surface area contributed by atoms with E-state index in [2.05, 4.69) is 62.5 Å². The zero-order valence-electron chi connectivity index (χ0n) is 19.5. The number of carbonyl (C=O) groups excluding carboxylic acids is 1. The summed E-state index contributed by atoms with van der Waals surface area (Å²) in [6, 6.07) is 12.6. The molecular weight excluding hydrogens is 400 g/mol. The van der Waals surface area contributed by atoms with Crippen molar-refractivity contribution in [2.45, 2.75) is 40.2 Å². The van der Waals surface area contributed by atoms with Crippen molar-refractivity contribution < 1.29 is 4.79 Å². The number of aryl methyl sites for hydroxylation is 3. The van der Waals surface area contributed by atoms with Crippen LogP contribution < -0.4 is 5.32 Å². The Kier molecular flexibility index (Phi) is 7.17. The van der Waals surface area contributed by atoms with Crippen LogP contribution in [-0.4, -0.2) is 69.6 Å². The molecule has 2 aromatic heterocycles. The van der Waals surface area contributed by atoms with Crippen LogP contribution in [0, 0.1) is 20.8 Å². The van der Waals surface area contributed by atoms with Crippen molar-refractivity contribution in [2.75, 3.05) is 39.3 Å². The smallest absolute Gasteiger partial charge is 0.220 e. The van der Waals surface area contributed by atoms with Gasteiger partial charge < -0.3 is 5.32 Å². The summed E-state index contributed by atoms with van der Waals surface area (Å²) in [5.41, 5.74) is 6.37. The second-order valence-electron chi connectivity index (χ2n) is 8.77. The zero-order valence-corrected chi connectivity index (χ0v) is 19.5. The number of rotatable bonds is 8. The molecule has 1 aliphatic heterocycles. The maximum atomic E-state index is 12.4. The van der Waals surface area contributed by atoms with Crippen LogP contribution in [0.2, 0.25) is 0 Å². The van der Waals surface area contributed by atoms with E-state index in [0.29, 0.717) is 19.4 Å². The third-order valence-corrected chi connectivity index (χ3v) is 6.35. The Labute approximate surface area is 190 Å². The highest BCUT2D eigenvalue weighted by molar-refractivity contribution is 5.76. The summed E-state index contributed by atoms with van der Waals surface area (Å²) in [7, 11) is 0. The standard InChI is InChI=1S/C25H34N6O/c1-19-17-24-27-20(2)23(21(3)31(24)28-19)9-10-25(32)26-11-12-29-13-15-30(16-14-29)18-22-7-5-4-6-8-22/h4-8,17H,9-16,18H2,1-3H3,(H,26,32). The fourth-order valence-corrected chi connectivity index (χ4v) is 4.50. The maximum Gasteiger partial charge on any atom is 0.220 e. The molecule has 0 unspecified atom stereocenters. The number of benzene rings is 1. The summed E-state index contributed by atoms with van der Waals surface area (Å²) >= 11 is 0. The highest BCUT2D eigenvalue weighted by Gasteiger charge is 2.17. The average molecular weight is 435 g/mol. The predicted molar refractivity (Wildman–Crippen MR) is 127 cm³/mol. The molecule has 32 heavy (non-hydrogen) atoms. The van der Waals surface area contributed by atoms with Crippen LogP contribution in [0.4, 0.5) is 0 Å². The number of fused-ring (bicyclic) bond motifs is 1. The number of nitrogens with zero attached hydrogens (tertiary/aromatic N) is 5. The lowest BCUT2D eigenvalue weighted by Crippen LogP contribution is -2.48. The van der Waals surface area contributed by atoms with Crippen molar-refractivity contribution >= 4 is 11.6 Å². The molecule has 7 nitrogen and oxygen atoms in total. The molecule has 1 N–H and O–H groups in total. The third-order valence-electron chi connectivity index (χ3n) is 6.35. The molecule has 0 spiro atoms. The second-order valence-corrected chi connectivity index (χ2v) is 8.77. The van der Waals surface area contributed by atoms with Gasteiger partial charge in [-0.2, -0.15) is 5.10 Å². The van der Waals surface area contributed by atoms with Crippen LogP contribution in [0.25, 0.3) is 5.65 Å². The first kappa shape index (κ1) is 22.4. The molecule has 1 aliphatic rings. The monoisotopic (exact) mass is 434 g/mol. The van der Waals surface area contributed by atoms with Crippen molar-refractivity contribution in [1.29, 1.82) is 0 Å². The lowest BCUT2D eigenvalue weighted by molar-refractivity contribution is -0.121. The molecule has 1 fully saturated rings. The van der Waals surface area contributed by atoms with Crippen molar-refractivity contribution in [3.05, 3.63) is 64.6 Å². The number of carbonyl (C=O) groups is 1. The molecule has 0 bridgehead atoms. The van der Waals surface area contributed by atoms with Crippen molar-refractivity contribution in [3.63, 3.8) is 0 Å². The van der Waals surface area contributed by atoms with Gasteiger partial charge in [0.1, 0.15) is 0 Å². The fourth-order valence-electron chi connectivity index (χ4n) is 4.50. The Hall–Kier alpha value is -2.77. The van der Waals surface area contributed by atoms with Gasteiger partial charge in [-0.05, 0) is 38.3 Å². The maximum absolute atomic E-state index is 12.4. The summed E-state index contributed by atoms with van der Waals surface area (Å²) in [6.45, 7) is 12.9. The van der Waals surface area contributed by atoms with Gasteiger partial charge in [0.25, 0.3) is 0 Å². The summed E-state index contributed by atoms with van der Waals surface area (Å²) in [4.78, 5) is 22.0. The van der Waals surface area contributed by atoms with Crippen LogP contribution >= 0.6 is 0 Å². The quantitative estimate of drug-likeness (QED) is 0.590. The first-order chi connectivity index (χ1) is 15.5. The summed E-state index contributed by atoms with van der Waals surface area (Å²) in [5.74, 6) is 0.100. The predicted octanol–water partition coefficient (Wildman–Crippen LogP) is 2.52. The van der Waals surface area contributed by atoms with Gasteiger partial charge in [-0.3, -0.25) is 14.6 Å². The van der Waals surface area contributed by atoms with Crippen molar-refractivity contribution in [3.8, 4) is 0 Å². The first-order valence-electron chi connectivity index (χ1n) is 11.6. The Morgan fingerprint density at radius 2 is 1.75 bits per heavy atom. The molecule has 170 valence electrons. The van der Waals surface area contributed by atoms with E-state index in [9.17, 15) is 4.79 Å². The van der Waals surface area contributed by atoms with E-state index in [-0.39, 0.29) is 5.91 Å². The van der Waals surface area contributed by atoms with Gasteiger partial charge in [0.15, 0.2) is 5.65 Å². The van der Waals surface area contributed by atoms with Crippen LogP contribution in [0.3, 0.4) is 0 Å². The highest BCUT2D eigenvalue weighted by Crippen LogP contribution is 2.17. The minimum absolute atomic E-state index is 0.100. The molecule has 4 rings (SSSR count). The fraction of sp³-hybridized carbons (Fsp3) is 0.480. The normalized spacial score (nSPS) is 15.3. The van der Waals surface area contributed by atoms with Crippen LogP contribution in [0.15, 0.2) is 36.4 Å². The van der Waals surface area contributed by atoms with Gasteiger partial charge in [-0.1, -0.05) is 30.3 Å². The average Bonchev–Trinajstić information content (AvgIpc) is 3.16. The first-order valence-corrected chi connectivity index (χ1v) is 11.6. The molecule has 0 atom stereocenters. The van der Waals surface area contributed by atoms with Gasteiger partial charge in [0.05, 0.1) is 5.69 Å². The third kappa shape index (κ3) is 5.53. The van der Waals surface area contributed by atoms with Gasteiger partial charge in [0.2, 0.25) is 5.91 Å². The van der Waals surface area contributed by atoms with E-state index in [1.165, 1.54) is 5.56 Å². The number of amides is 1. The van der Waals surface area contributed by atoms with Crippen LogP contribution in [-0.2, 0) is 17.8 Å². The second kappa shape index (κ2) is 10.2. The summed E-state index contributed by atoms with van der Waals surface area (Å²) in [6.07, 6.45) is 1.16. The number of piperazine rings is 1. The zero-order chi connectivity index (χ0) is 22.5. The van der Waals surface area contributed by atoms with E-state index in [0.717, 1.165) is 67.6 Å². The lowest BCUT2D eigenvalue weighted by atomic mass is 10.1. The van der Waals surface area contributed by atoms with Gasteiger partial charge in [-0.25, -0.2) is 9.50 Å². The Balaban J connectivity index is 1.17. The Morgan fingerprint density at radius 3 is 2.50 bits per heavy atom. The Bertz CT molecular complexity index is 1050. The number of nitrogens with one attached hydrogen (secondary N) is 1. The molecule has 0 saturated carbocycles. The van der Waals surface area contributed by atoms with E-state index >= 15 is 0 Å². The minimum Gasteiger partial charge on any atom is -0.355 e. The van der Waals surface area contributed by atoms with E-state index in [4.69, 9.17) is 0 Å². The number of aromatic nitrogens is 3. The molecule has 0 aliphatic carbocycles. The molecule has 1 saturated heterocycles. The van der Waals surface area contributed by atoms with Crippen molar-refractivity contribution in [2.24, 2.45) is 0 Å². The summed E-state index contributed by atoms with van der Waals surface area (Å²) < 4.78 is 1.88. The largest absolute Gasteiger partial charge is 0.355 e. The van der Waals surface area contributed by atoms with E-state index in [1.807, 2.05) is 24.4 Å². The molecule has 3 aromatic rings. The molecule has 7 heteroatoms. The molecular formula is C25H34N6O. The Morgan fingerprint density at radius 1 is 1.03 bits per heavy atom. The van der Waals surface area contributed by atoms with Gasteiger partial charge >= 0.3 is 0 Å². The lowest BCUT2D eigenvalue weighted by Gasteiger charge is -2.34. The minimum atomic E-state index is 0.100. The highest BCUT2D eigenvalue weighted by atomic mass is 16.1. The van der Waals surface area contributed by atoms with Crippen LogP contribution in [0.5, 0.6) is 0 Å². The molecule has 3 heterocycles. The topological polar surface area (TPSA) is 65.8 Å².